The Morgan fingerprint density at radius 2 is 1.85 bits per heavy atom. The first-order valence-electron chi connectivity index (χ1n) is 9.10. The average molecular weight is 377 g/mol. The lowest BCUT2D eigenvalue weighted by atomic mass is 10.1. The van der Waals surface area contributed by atoms with Crippen LogP contribution in [-0.2, 0) is 9.59 Å². The Hall–Kier alpha value is -2.77. The smallest absolute Gasteiger partial charge is 0.341 e. The van der Waals surface area contributed by atoms with Crippen LogP contribution in [0.2, 0.25) is 0 Å². The lowest BCUT2D eigenvalue weighted by Crippen LogP contribution is -2.51. The molecule has 3 N–H and O–H groups in total. The average Bonchev–Trinajstić information content (AvgIpc) is 3.09. The molecule has 148 valence electrons. The SMILES string of the molecule is CC(C)NC(=O)N1CCC[C@H]1C(=O)NC(C)c1ccc(OCC(=O)O)cc1. The molecule has 0 radical (unpaired) electrons. The fourth-order valence-electron chi connectivity index (χ4n) is 3.00. The molecule has 0 bridgehead atoms. The quantitative estimate of drug-likeness (QED) is 0.673. The van der Waals surface area contributed by atoms with E-state index in [9.17, 15) is 14.4 Å². The van der Waals surface area contributed by atoms with Crippen molar-refractivity contribution in [2.24, 2.45) is 0 Å². The van der Waals surface area contributed by atoms with E-state index in [0.29, 0.717) is 18.7 Å². The zero-order chi connectivity index (χ0) is 20.0. The molecular weight excluding hydrogens is 350 g/mol. The molecule has 1 unspecified atom stereocenters. The van der Waals surface area contributed by atoms with E-state index in [1.165, 1.54) is 0 Å². The predicted molar refractivity (Wildman–Crippen MR) is 99.5 cm³/mol. The van der Waals surface area contributed by atoms with Crippen molar-refractivity contribution < 1.29 is 24.2 Å². The number of urea groups is 1. The van der Waals surface area contributed by atoms with Crippen LogP contribution in [0.4, 0.5) is 4.79 Å². The van der Waals surface area contributed by atoms with Crippen molar-refractivity contribution >= 4 is 17.9 Å². The second kappa shape index (κ2) is 9.25. The Bertz CT molecular complexity index is 674. The maximum absolute atomic E-state index is 12.7. The highest BCUT2D eigenvalue weighted by Gasteiger charge is 2.34. The molecule has 2 rings (SSSR count). The minimum absolute atomic E-state index is 0.0163. The third kappa shape index (κ3) is 5.87. The molecule has 1 aromatic carbocycles. The summed E-state index contributed by atoms with van der Waals surface area (Å²) in [6.45, 7) is 5.80. The second-order valence-electron chi connectivity index (χ2n) is 6.94. The van der Waals surface area contributed by atoms with Gasteiger partial charge in [-0.2, -0.15) is 0 Å². The Balaban J connectivity index is 1.94. The summed E-state index contributed by atoms with van der Waals surface area (Å²) in [4.78, 5) is 37.0. The van der Waals surface area contributed by atoms with E-state index >= 15 is 0 Å². The molecule has 0 aliphatic carbocycles. The molecule has 0 saturated carbocycles. The molecule has 8 heteroatoms. The third-order valence-electron chi connectivity index (χ3n) is 4.33. The molecule has 3 amide bonds. The van der Waals surface area contributed by atoms with Gasteiger partial charge in [0.15, 0.2) is 6.61 Å². The lowest BCUT2D eigenvalue weighted by molar-refractivity contribution is -0.139. The maximum atomic E-state index is 12.7. The van der Waals surface area contributed by atoms with Gasteiger partial charge in [-0.15, -0.1) is 0 Å². The number of benzene rings is 1. The van der Waals surface area contributed by atoms with Gasteiger partial charge in [0.05, 0.1) is 6.04 Å². The van der Waals surface area contributed by atoms with Gasteiger partial charge in [-0.25, -0.2) is 9.59 Å². The number of amides is 3. The molecule has 2 atom stereocenters. The topological polar surface area (TPSA) is 108 Å². The van der Waals surface area contributed by atoms with Crippen molar-refractivity contribution in [3.63, 3.8) is 0 Å². The number of rotatable bonds is 7. The number of ether oxygens (including phenoxy) is 1. The summed E-state index contributed by atoms with van der Waals surface area (Å²) in [6.07, 6.45) is 1.44. The van der Waals surface area contributed by atoms with Crippen LogP contribution in [0.15, 0.2) is 24.3 Å². The zero-order valence-corrected chi connectivity index (χ0v) is 15.9. The largest absolute Gasteiger partial charge is 0.482 e. The van der Waals surface area contributed by atoms with Gasteiger partial charge >= 0.3 is 12.0 Å². The van der Waals surface area contributed by atoms with E-state index in [-0.39, 0.29) is 24.0 Å². The maximum Gasteiger partial charge on any atom is 0.341 e. The summed E-state index contributed by atoms with van der Waals surface area (Å²) in [5.41, 5.74) is 0.863. The predicted octanol–water partition coefficient (Wildman–Crippen LogP) is 1.91. The van der Waals surface area contributed by atoms with E-state index in [4.69, 9.17) is 9.84 Å². The molecule has 1 fully saturated rings. The van der Waals surface area contributed by atoms with Crippen molar-refractivity contribution in [1.82, 2.24) is 15.5 Å². The molecule has 0 spiro atoms. The van der Waals surface area contributed by atoms with Crippen LogP contribution in [0.3, 0.4) is 0 Å². The van der Waals surface area contributed by atoms with Crippen LogP contribution < -0.4 is 15.4 Å². The van der Waals surface area contributed by atoms with Gasteiger partial charge in [0.25, 0.3) is 0 Å². The fraction of sp³-hybridized carbons (Fsp3) is 0.526. The molecule has 0 aromatic heterocycles. The molecule has 1 aliphatic heterocycles. The number of carbonyl (C=O) groups is 3. The molecule has 1 saturated heterocycles. The van der Waals surface area contributed by atoms with Crippen LogP contribution in [0, 0.1) is 0 Å². The number of nitrogens with one attached hydrogen (secondary N) is 2. The Morgan fingerprint density at radius 3 is 2.44 bits per heavy atom. The number of hydrogen-bond donors (Lipinski definition) is 3. The normalized spacial score (nSPS) is 17.5. The van der Waals surface area contributed by atoms with Crippen LogP contribution in [-0.4, -0.2) is 53.1 Å². The summed E-state index contributed by atoms with van der Waals surface area (Å²) < 4.78 is 5.10. The molecule has 1 heterocycles. The minimum atomic E-state index is -1.04. The molecular formula is C19H27N3O5. The van der Waals surface area contributed by atoms with E-state index in [1.54, 1.807) is 29.2 Å². The van der Waals surface area contributed by atoms with E-state index in [2.05, 4.69) is 10.6 Å². The van der Waals surface area contributed by atoms with E-state index < -0.39 is 18.6 Å². The minimum Gasteiger partial charge on any atom is -0.482 e. The number of carboxylic acid groups (broad SMARTS) is 1. The van der Waals surface area contributed by atoms with Crippen molar-refractivity contribution in [3.05, 3.63) is 29.8 Å². The van der Waals surface area contributed by atoms with Crippen LogP contribution in [0.25, 0.3) is 0 Å². The molecule has 1 aromatic rings. The van der Waals surface area contributed by atoms with Crippen LogP contribution >= 0.6 is 0 Å². The first-order valence-corrected chi connectivity index (χ1v) is 9.10. The number of nitrogens with zero attached hydrogens (tertiary/aromatic N) is 1. The highest BCUT2D eigenvalue weighted by atomic mass is 16.5. The molecule has 1 aliphatic rings. The van der Waals surface area contributed by atoms with Gasteiger partial charge in [0.2, 0.25) is 5.91 Å². The van der Waals surface area contributed by atoms with Gasteiger partial charge in [-0.3, -0.25) is 4.79 Å². The summed E-state index contributed by atoms with van der Waals surface area (Å²) in [5, 5.41) is 14.4. The van der Waals surface area contributed by atoms with Gasteiger partial charge in [0, 0.05) is 12.6 Å². The van der Waals surface area contributed by atoms with E-state index in [0.717, 1.165) is 12.0 Å². The summed E-state index contributed by atoms with van der Waals surface area (Å²) in [7, 11) is 0. The van der Waals surface area contributed by atoms with Crippen molar-refractivity contribution in [2.75, 3.05) is 13.2 Å². The monoisotopic (exact) mass is 377 g/mol. The summed E-state index contributed by atoms with van der Waals surface area (Å²) in [5.74, 6) is -0.764. The van der Waals surface area contributed by atoms with Crippen LogP contribution in [0.1, 0.15) is 45.2 Å². The Kier molecular flexibility index (Phi) is 7.04. The highest BCUT2D eigenvalue weighted by molar-refractivity contribution is 5.88. The molecule has 27 heavy (non-hydrogen) atoms. The number of likely N-dealkylation sites (tertiary alicyclic amines) is 1. The van der Waals surface area contributed by atoms with Crippen molar-refractivity contribution in [3.8, 4) is 5.75 Å². The van der Waals surface area contributed by atoms with Gasteiger partial charge in [0.1, 0.15) is 11.8 Å². The van der Waals surface area contributed by atoms with Gasteiger partial charge in [-0.05, 0) is 51.3 Å². The summed E-state index contributed by atoms with van der Waals surface area (Å²) in [6, 6.07) is 5.97. The van der Waals surface area contributed by atoms with Gasteiger partial charge < -0.3 is 25.4 Å². The van der Waals surface area contributed by atoms with Gasteiger partial charge in [-0.1, -0.05) is 12.1 Å². The van der Waals surface area contributed by atoms with Crippen molar-refractivity contribution in [1.29, 1.82) is 0 Å². The number of hydrogen-bond acceptors (Lipinski definition) is 4. The second-order valence-corrected chi connectivity index (χ2v) is 6.94. The third-order valence-corrected chi connectivity index (χ3v) is 4.33. The number of carboxylic acids is 1. The summed E-state index contributed by atoms with van der Waals surface area (Å²) >= 11 is 0. The van der Waals surface area contributed by atoms with Crippen molar-refractivity contribution in [2.45, 2.75) is 51.7 Å². The van der Waals surface area contributed by atoms with Crippen LogP contribution in [0.5, 0.6) is 5.75 Å². The lowest BCUT2D eigenvalue weighted by Gasteiger charge is -2.26. The first kappa shape index (κ1) is 20.5. The Morgan fingerprint density at radius 1 is 1.19 bits per heavy atom. The standard InChI is InChI=1S/C19H27N3O5/c1-12(2)20-19(26)22-10-4-5-16(22)18(25)21-13(3)14-6-8-15(9-7-14)27-11-17(23)24/h6-9,12-13,16H,4-5,10-11H2,1-3H3,(H,20,26)(H,21,25)(H,23,24)/t13?,16-/m0/s1. The van der Waals surface area contributed by atoms with E-state index in [1.807, 2.05) is 20.8 Å². The zero-order valence-electron chi connectivity index (χ0n) is 15.9. The number of aliphatic carboxylic acids is 1. The molecule has 8 nitrogen and oxygen atoms in total. The Labute approximate surface area is 158 Å². The number of carbonyl (C=O) groups excluding carboxylic acids is 2. The first-order chi connectivity index (χ1) is 12.8. The fourth-order valence-corrected chi connectivity index (χ4v) is 3.00. The highest BCUT2D eigenvalue weighted by Crippen LogP contribution is 2.21.